The van der Waals surface area contributed by atoms with Crippen molar-refractivity contribution in [2.75, 3.05) is 25.5 Å². The van der Waals surface area contributed by atoms with E-state index in [1.54, 1.807) is 13.0 Å². The molecule has 6 nitrogen and oxygen atoms in total. The van der Waals surface area contributed by atoms with Crippen molar-refractivity contribution >= 4 is 28.9 Å². The van der Waals surface area contributed by atoms with Crippen LogP contribution in [0.3, 0.4) is 0 Å². The number of piperidine rings is 1. The molecule has 0 unspecified atom stereocenters. The van der Waals surface area contributed by atoms with Gasteiger partial charge in [-0.25, -0.2) is 19.3 Å². The number of ketones is 1. The van der Waals surface area contributed by atoms with Gasteiger partial charge in [0.25, 0.3) is 0 Å². The monoisotopic (exact) mass is 509 g/mol. The maximum atomic E-state index is 14.9. The lowest BCUT2D eigenvalue weighted by molar-refractivity contribution is 0.101. The first-order valence-corrected chi connectivity index (χ1v) is 13.7. The van der Waals surface area contributed by atoms with Crippen molar-refractivity contribution in [1.82, 2.24) is 19.9 Å². The van der Waals surface area contributed by atoms with Crippen LogP contribution in [-0.2, 0) is 5.41 Å². The van der Waals surface area contributed by atoms with Gasteiger partial charge in [0.1, 0.15) is 11.5 Å². The lowest BCUT2D eigenvalue weighted by Gasteiger charge is -2.30. The summed E-state index contributed by atoms with van der Waals surface area (Å²) in [7, 11) is 2.16. The predicted molar refractivity (Wildman–Crippen MR) is 145 cm³/mol. The highest BCUT2D eigenvalue weighted by molar-refractivity contribution is 7.16. The molecular weight excluding hydrogens is 473 g/mol. The Labute approximate surface area is 217 Å². The molecule has 1 fully saturated rings. The maximum Gasteiger partial charge on any atom is 0.229 e. The van der Waals surface area contributed by atoms with Crippen molar-refractivity contribution in [3.05, 3.63) is 52.4 Å². The number of likely N-dealkylation sites (tertiary alicyclic amines) is 1. The zero-order chi connectivity index (χ0) is 25.9. The Balaban J connectivity index is 1.60. The van der Waals surface area contributed by atoms with Crippen LogP contribution < -0.4 is 5.32 Å². The van der Waals surface area contributed by atoms with Crippen molar-refractivity contribution in [3.8, 4) is 10.6 Å². The standard InChI is InChI=1S/C28H36FN5OS/c1-6-28(7-2,8-3)26-21(18(4)35)15-23(36-26)25-22(29)17-31-27(33-25)32-24-10-9-20(16-30-24)19-11-13-34(5)14-12-19/h9-10,15-17,19H,6-8,11-14H2,1-5H3,(H,30,31,32,33). The van der Waals surface area contributed by atoms with Gasteiger partial charge in [-0.15, -0.1) is 11.3 Å². The topological polar surface area (TPSA) is 71.0 Å². The van der Waals surface area contributed by atoms with Crippen LogP contribution in [0.1, 0.15) is 86.5 Å². The zero-order valence-electron chi connectivity index (χ0n) is 21.9. The number of carbonyl (C=O) groups excluding carboxylic acids is 1. The number of rotatable bonds is 9. The summed E-state index contributed by atoms with van der Waals surface area (Å²) in [4.78, 5) is 29.7. The first-order chi connectivity index (χ1) is 17.3. The molecule has 36 heavy (non-hydrogen) atoms. The minimum atomic E-state index is -0.510. The lowest BCUT2D eigenvalue weighted by Crippen LogP contribution is -2.29. The summed E-state index contributed by atoms with van der Waals surface area (Å²) in [5.41, 5.74) is 2.00. The lowest BCUT2D eigenvalue weighted by atomic mass is 9.76. The number of nitrogens with zero attached hydrogens (tertiary/aromatic N) is 4. The van der Waals surface area contributed by atoms with Crippen LogP contribution in [0.5, 0.6) is 0 Å². The third-order valence-electron chi connectivity index (χ3n) is 7.82. The number of hydrogen-bond acceptors (Lipinski definition) is 7. The molecule has 0 aliphatic carbocycles. The molecule has 0 spiro atoms. The molecule has 0 aromatic carbocycles. The van der Waals surface area contributed by atoms with Crippen LogP contribution >= 0.6 is 11.3 Å². The predicted octanol–water partition coefficient (Wildman–Crippen LogP) is 6.96. The SMILES string of the molecule is CCC(CC)(CC)c1sc(-c2nc(Nc3ccc(C4CCN(C)CC4)cn3)ncc2F)cc1C(C)=O. The van der Waals surface area contributed by atoms with Crippen molar-refractivity contribution < 1.29 is 9.18 Å². The van der Waals surface area contributed by atoms with Crippen LogP contribution in [0, 0.1) is 5.82 Å². The fraction of sp³-hybridized carbons (Fsp3) is 0.500. The average molecular weight is 510 g/mol. The van der Waals surface area contributed by atoms with E-state index >= 15 is 0 Å². The van der Waals surface area contributed by atoms with E-state index in [0.29, 0.717) is 22.2 Å². The number of aromatic nitrogens is 3. The van der Waals surface area contributed by atoms with Crippen molar-refractivity contribution in [2.24, 2.45) is 0 Å². The van der Waals surface area contributed by atoms with Crippen LogP contribution in [-0.4, -0.2) is 45.8 Å². The highest BCUT2D eigenvalue weighted by atomic mass is 32.1. The van der Waals surface area contributed by atoms with Gasteiger partial charge in [0.05, 0.1) is 11.1 Å². The molecule has 0 atom stereocenters. The second kappa shape index (κ2) is 11.1. The quantitative estimate of drug-likeness (QED) is 0.314. The van der Waals surface area contributed by atoms with Crippen LogP contribution in [0.4, 0.5) is 16.2 Å². The molecule has 1 aliphatic heterocycles. The minimum Gasteiger partial charge on any atom is -0.309 e. The van der Waals surface area contributed by atoms with Gasteiger partial charge in [0.2, 0.25) is 5.95 Å². The first-order valence-electron chi connectivity index (χ1n) is 12.9. The summed E-state index contributed by atoms with van der Waals surface area (Å²) in [5.74, 6) is 0.903. The Bertz CT molecular complexity index is 1190. The Kier molecular flexibility index (Phi) is 8.15. The second-order valence-corrected chi connectivity index (χ2v) is 10.9. The molecule has 192 valence electrons. The van der Waals surface area contributed by atoms with E-state index in [4.69, 9.17) is 0 Å². The normalized spacial score (nSPS) is 15.3. The van der Waals surface area contributed by atoms with E-state index in [1.165, 1.54) is 23.1 Å². The third-order valence-corrected chi connectivity index (χ3v) is 9.21. The molecule has 1 saturated heterocycles. The van der Waals surface area contributed by atoms with E-state index in [2.05, 4.69) is 59.1 Å². The van der Waals surface area contributed by atoms with Crippen molar-refractivity contribution in [3.63, 3.8) is 0 Å². The fourth-order valence-electron chi connectivity index (χ4n) is 5.17. The number of nitrogens with one attached hydrogen (secondary N) is 1. The summed E-state index contributed by atoms with van der Waals surface area (Å²) in [6.45, 7) is 10.2. The van der Waals surface area contributed by atoms with E-state index in [0.717, 1.165) is 50.1 Å². The van der Waals surface area contributed by atoms with E-state index in [1.807, 2.05) is 12.3 Å². The van der Waals surface area contributed by atoms with Gasteiger partial charge in [0, 0.05) is 22.1 Å². The Morgan fingerprint density at radius 3 is 2.42 bits per heavy atom. The number of hydrogen-bond donors (Lipinski definition) is 1. The molecule has 3 aromatic rings. The average Bonchev–Trinajstić information content (AvgIpc) is 3.34. The van der Waals surface area contributed by atoms with Gasteiger partial charge in [-0.1, -0.05) is 26.8 Å². The Hall–Kier alpha value is -2.71. The first kappa shape index (κ1) is 26.4. The molecule has 3 aromatic heterocycles. The minimum absolute atomic E-state index is 0.00561. The highest BCUT2D eigenvalue weighted by Crippen LogP contribution is 2.44. The summed E-state index contributed by atoms with van der Waals surface area (Å²) in [5, 5.41) is 3.12. The number of thiophene rings is 1. The van der Waals surface area contributed by atoms with Gasteiger partial charge in [-0.2, -0.15) is 0 Å². The second-order valence-electron chi connectivity index (χ2n) is 9.82. The molecule has 0 radical (unpaired) electrons. The molecule has 0 saturated carbocycles. The Morgan fingerprint density at radius 2 is 1.83 bits per heavy atom. The smallest absolute Gasteiger partial charge is 0.229 e. The van der Waals surface area contributed by atoms with E-state index in [9.17, 15) is 9.18 Å². The molecule has 8 heteroatoms. The summed E-state index contributed by atoms with van der Waals surface area (Å²) in [6, 6.07) is 5.82. The van der Waals surface area contributed by atoms with E-state index < -0.39 is 5.82 Å². The van der Waals surface area contributed by atoms with Crippen molar-refractivity contribution in [1.29, 1.82) is 0 Å². The summed E-state index contributed by atoms with van der Waals surface area (Å²) >= 11 is 1.47. The van der Waals surface area contributed by atoms with Gasteiger partial charge < -0.3 is 10.2 Å². The number of carbonyl (C=O) groups is 1. The van der Waals surface area contributed by atoms with Crippen LogP contribution in [0.15, 0.2) is 30.6 Å². The number of Topliss-reactive ketones (excluding diaryl/α,β-unsaturated/α-hetero) is 1. The van der Waals surface area contributed by atoms with Gasteiger partial charge in [-0.05, 0) is 82.8 Å². The molecule has 0 amide bonds. The molecule has 1 N–H and O–H groups in total. The third kappa shape index (κ3) is 5.34. The molecule has 0 bridgehead atoms. The fourth-order valence-corrected chi connectivity index (χ4v) is 6.77. The molecule has 1 aliphatic rings. The molecular formula is C28H36FN5OS. The maximum absolute atomic E-state index is 14.9. The summed E-state index contributed by atoms with van der Waals surface area (Å²) < 4.78 is 14.9. The van der Waals surface area contributed by atoms with Crippen molar-refractivity contribution in [2.45, 2.75) is 71.1 Å². The largest absolute Gasteiger partial charge is 0.309 e. The Morgan fingerprint density at radius 1 is 1.14 bits per heavy atom. The number of anilines is 2. The van der Waals surface area contributed by atoms with Gasteiger partial charge in [0.15, 0.2) is 11.6 Å². The van der Waals surface area contributed by atoms with Gasteiger partial charge in [-0.3, -0.25) is 4.79 Å². The van der Waals surface area contributed by atoms with Crippen LogP contribution in [0.2, 0.25) is 0 Å². The van der Waals surface area contributed by atoms with E-state index in [-0.39, 0.29) is 22.8 Å². The molecule has 4 rings (SSSR count). The van der Waals surface area contributed by atoms with Crippen LogP contribution in [0.25, 0.3) is 10.6 Å². The zero-order valence-corrected chi connectivity index (χ0v) is 22.7. The highest BCUT2D eigenvalue weighted by Gasteiger charge is 2.33. The summed E-state index contributed by atoms with van der Waals surface area (Å²) in [6.07, 6.45) is 8.10. The van der Waals surface area contributed by atoms with Gasteiger partial charge >= 0.3 is 0 Å². The number of halogens is 1. The number of pyridine rings is 1. The molecule has 4 heterocycles.